The highest BCUT2D eigenvalue weighted by molar-refractivity contribution is 8.00. The summed E-state index contributed by atoms with van der Waals surface area (Å²) >= 11 is 1.60. The third kappa shape index (κ3) is 3.82. The van der Waals surface area contributed by atoms with E-state index >= 15 is 0 Å². The minimum absolute atomic E-state index is 0.0366. The lowest BCUT2D eigenvalue weighted by atomic mass is 10.2. The van der Waals surface area contributed by atoms with Crippen molar-refractivity contribution >= 4 is 23.6 Å². The standard InChI is InChI=1S/C18H20N2O4S/c1-19(17(22)15-4-3-11-24-15)9-10-20-16(21)12-25-18(20)13-5-7-14(23-2)8-6-13/h3-8,11,18H,9-10,12H2,1-2H3. The van der Waals surface area contributed by atoms with Crippen LogP contribution in [-0.2, 0) is 4.79 Å². The minimum Gasteiger partial charge on any atom is -0.497 e. The first-order valence-corrected chi connectivity index (χ1v) is 8.99. The molecular formula is C18H20N2O4S. The molecule has 0 N–H and O–H groups in total. The molecule has 0 aliphatic carbocycles. The normalized spacial score (nSPS) is 17.0. The molecule has 2 amide bonds. The number of hydrogen-bond donors (Lipinski definition) is 0. The summed E-state index contributed by atoms with van der Waals surface area (Å²) in [6.45, 7) is 0.921. The van der Waals surface area contributed by atoms with Gasteiger partial charge in [-0.15, -0.1) is 11.8 Å². The maximum absolute atomic E-state index is 12.3. The van der Waals surface area contributed by atoms with Crippen molar-refractivity contribution in [2.45, 2.75) is 5.37 Å². The third-order valence-electron chi connectivity index (χ3n) is 4.12. The smallest absolute Gasteiger partial charge is 0.289 e. The van der Waals surface area contributed by atoms with E-state index in [2.05, 4.69) is 0 Å². The number of nitrogens with zero attached hydrogens (tertiary/aromatic N) is 2. The van der Waals surface area contributed by atoms with Crippen LogP contribution in [0.15, 0.2) is 47.1 Å². The Balaban J connectivity index is 1.64. The third-order valence-corrected chi connectivity index (χ3v) is 5.38. The average molecular weight is 360 g/mol. The van der Waals surface area contributed by atoms with Gasteiger partial charge in [0.2, 0.25) is 5.91 Å². The number of rotatable bonds is 6. The first-order valence-electron chi connectivity index (χ1n) is 7.94. The predicted molar refractivity (Wildman–Crippen MR) is 95.6 cm³/mol. The zero-order valence-corrected chi connectivity index (χ0v) is 15.0. The molecule has 1 aliphatic rings. The molecule has 0 radical (unpaired) electrons. The van der Waals surface area contributed by atoms with Crippen LogP contribution in [0.2, 0.25) is 0 Å². The van der Waals surface area contributed by atoms with Crippen LogP contribution >= 0.6 is 11.8 Å². The number of benzene rings is 1. The van der Waals surface area contributed by atoms with Crippen LogP contribution in [0.3, 0.4) is 0 Å². The van der Waals surface area contributed by atoms with E-state index in [1.54, 1.807) is 43.0 Å². The van der Waals surface area contributed by atoms with Crippen LogP contribution in [0.5, 0.6) is 5.75 Å². The molecule has 3 rings (SSSR count). The van der Waals surface area contributed by atoms with Gasteiger partial charge in [0, 0.05) is 20.1 Å². The molecule has 6 nitrogen and oxygen atoms in total. The second kappa shape index (κ2) is 7.65. The number of ether oxygens (including phenoxy) is 1. The molecule has 1 unspecified atom stereocenters. The molecular weight excluding hydrogens is 340 g/mol. The molecule has 0 bridgehead atoms. The SMILES string of the molecule is COc1ccc(C2SCC(=O)N2CCN(C)C(=O)c2ccco2)cc1. The summed E-state index contributed by atoms with van der Waals surface area (Å²) in [5.74, 6) is 1.44. The topological polar surface area (TPSA) is 63.0 Å². The van der Waals surface area contributed by atoms with E-state index in [1.807, 2.05) is 29.2 Å². The van der Waals surface area contributed by atoms with Crippen LogP contribution in [0.4, 0.5) is 0 Å². The van der Waals surface area contributed by atoms with Crippen molar-refractivity contribution in [3.05, 3.63) is 54.0 Å². The maximum Gasteiger partial charge on any atom is 0.289 e. The van der Waals surface area contributed by atoms with Gasteiger partial charge in [-0.2, -0.15) is 0 Å². The van der Waals surface area contributed by atoms with Gasteiger partial charge in [-0.05, 0) is 29.8 Å². The number of furan rings is 1. The summed E-state index contributed by atoms with van der Waals surface area (Å²) in [7, 11) is 3.34. The largest absolute Gasteiger partial charge is 0.497 e. The summed E-state index contributed by atoms with van der Waals surface area (Å²) in [5, 5.41) is -0.0366. The van der Waals surface area contributed by atoms with Gasteiger partial charge in [-0.3, -0.25) is 9.59 Å². The molecule has 1 fully saturated rings. The Morgan fingerprint density at radius 2 is 2.12 bits per heavy atom. The Kier molecular flexibility index (Phi) is 5.33. The number of carbonyl (C=O) groups is 2. The van der Waals surface area contributed by atoms with Gasteiger partial charge in [0.1, 0.15) is 11.1 Å². The molecule has 7 heteroatoms. The average Bonchev–Trinajstić information content (AvgIpc) is 3.29. The van der Waals surface area contributed by atoms with E-state index < -0.39 is 0 Å². The predicted octanol–water partition coefficient (Wildman–Crippen LogP) is 2.63. The van der Waals surface area contributed by atoms with E-state index in [9.17, 15) is 9.59 Å². The lowest BCUT2D eigenvalue weighted by molar-refractivity contribution is -0.128. The number of methoxy groups -OCH3 is 1. The van der Waals surface area contributed by atoms with E-state index in [-0.39, 0.29) is 17.2 Å². The van der Waals surface area contributed by atoms with Gasteiger partial charge >= 0.3 is 0 Å². The Bertz CT molecular complexity index is 730. The fourth-order valence-corrected chi connectivity index (χ4v) is 3.91. The van der Waals surface area contributed by atoms with Crippen LogP contribution < -0.4 is 4.74 Å². The molecule has 1 aliphatic heterocycles. The summed E-state index contributed by atoms with van der Waals surface area (Å²) in [5.41, 5.74) is 1.05. The molecule has 25 heavy (non-hydrogen) atoms. The highest BCUT2D eigenvalue weighted by atomic mass is 32.2. The van der Waals surface area contributed by atoms with E-state index in [1.165, 1.54) is 6.26 Å². The lowest BCUT2D eigenvalue weighted by Crippen LogP contribution is -2.38. The van der Waals surface area contributed by atoms with Crippen LogP contribution in [0.1, 0.15) is 21.5 Å². The number of amides is 2. The van der Waals surface area contributed by atoms with E-state index in [4.69, 9.17) is 9.15 Å². The molecule has 1 aromatic heterocycles. The van der Waals surface area contributed by atoms with Crippen molar-refractivity contribution in [3.63, 3.8) is 0 Å². The summed E-state index contributed by atoms with van der Waals surface area (Å²) < 4.78 is 10.3. The molecule has 2 heterocycles. The monoisotopic (exact) mass is 360 g/mol. The highest BCUT2D eigenvalue weighted by Gasteiger charge is 2.33. The fourth-order valence-electron chi connectivity index (χ4n) is 2.69. The quantitative estimate of drug-likeness (QED) is 0.792. The van der Waals surface area contributed by atoms with E-state index in [0.29, 0.717) is 24.6 Å². The van der Waals surface area contributed by atoms with Gasteiger partial charge in [-0.25, -0.2) is 0 Å². The second-order valence-electron chi connectivity index (χ2n) is 5.73. The van der Waals surface area contributed by atoms with Crippen LogP contribution in [0, 0.1) is 0 Å². The van der Waals surface area contributed by atoms with Crippen LogP contribution in [-0.4, -0.2) is 54.6 Å². The Labute approximate surface area is 150 Å². The minimum atomic E-state index is -0.190. The Hall–Kier alpha value is -2.41. The van der Waals surface area contributed by atoms with Gasteiger partial charge in [0.15, 0.2) is 5.76 Å². The Morgan fingerprint density at radius 3 is 2.76 bits per heavy atom. The highest BCUT2D eigenvalue weighted by Crippen LogP contribution is 2.38. The van der Waals surface area contributed by atoms with Crippen molar-refractivity contribution in [3.8, 4) is 5.75 Å². The van der Waals surface area contributed by atoms with Gasteiger partial charge in [0.25, 0.3) is 5.91 Å². The molecule has 0 spiro atoms. The maximum atomic E-state index is 12.3. The molecule has 132 valence electrons. The summed E-state index contributed by atoms with van der Waals surface area (Å²) in [4.78, 5) is 27.9. The zero-order valence-electron chi connectivity index (χ0n) is 14.2. The molecule has 1 saturated heterocycles. The number of likely N-dealkylation sites (N-methyl/N-ethyl adjacent to an activating group) is 1. The van der Waals surface area contributed by atoms with Crippen molar-refractivity contribution < 1.29 is 18.7 Å². The zero-order chi connectivity index (χ0) is 17.8. The van der Waals surface area contributed by atoms with Crippen molar-refractivity contribution in [1.29, 1.82) is 0 Å². The number of thioether (sulfide) groups is 1. The molecule has 2 aromatic rings. The Morgan fingerprint density at radius 1 is 1.36 bits per heavy atom. The van der Waals surface area contributed by atoms with Gasteiger partial charge in [0.05, 0.1) is 19.1 Å². The summed E-state index contributed by atoms with van der Waals surface area (Å²) in [6, 6.07) is 11.0. The first kappa shape index (κ1) is 17.4. The number of hydrogen-bond acceptors (Lipinski definition) is 5. The van der Waals surface area contributed by atoms with Crippen LogP contribution in [0.25, 0.3) is 0 Å². The summed E-state index contributed by atoms with van der Waals surface area (Å²) in [6.07, 6.45) is 1.47. The van der Waals surface area contributed by atoms with Crippen molar-refractivity contribution in [1.82, 2.24) is 9.80 Å². The lowest BCUT2D eigenvalue weighted by Gasteiger charge is -2.26. The van der Waals surface area contributed by atoms with E-state index in [0.717, 1.165) is 11.3 Å². The fraction of sp³-hybridized carbons (Fsp3) is 0.333. The van der Waals surface area contributed by atoms with Gasteiger partial charge in [-0.1, -0.05) is 12.1 Å². The molecule has 0 saturated carbocycles. The van der Waals surface area contributed by atoms with Gasteiger partial charge < -0.3 is 19.0 Å². The van der Waals surface area contributed by atoms with Crippen molar-refractivity contribution in [2.24, 2.45) is 0 Å². The number of carbonyl (C=O) groups excluding carboxylic acids is 2. The van der Waals surface area contributed by atoms with Crippen molar-refractivity contribution in [2.75, 3.05) is 33.0 Å². The first-order chi connectivity index (χ1) is 12.1. The molecule has 1 atom stereocenters. The second-order valence-corrected chi connectivity index (χ2v) is 6.80. The molecule has 1 aromatic carbocycles.